The number of hydrogen-bond donors (Lipinski definition) is 0. The molecular weight excluding hydrogens is 368 g/mol. The second kappa shape index (κ2) is 9.50. The second-order valence-electron chi connectivity index (χ2n) is 7.54. The third-order valence-electron chi connectivity index (χ3n) is 5.29. The van der Waals surface area contributed by atoms with Crippen LogP contribution >= 0.6 is 0 Å². The molecule has 28 heavy (non-hydrogen) atoms. The Labute approximate surface area is 169 Å². The smallest absolute Gasteiger partial charge is 0.179 e. The molecule has 1 aliphatic rings. The highest BCUT2D eigenvalue weighted by Gasteiger charge is 2.21. The molecule has 1 fully saturated rings. The lowest BCUT2D eigenvalue weighted by atomic mass is 10.2. The van der Waals surface area contributed by atoms with Crippen LogP contribution in [0, 0.1) is 13.8 Å². The van der Waals surface area contributed by atoms with Crippen molar-refractivity contribution in [2.24, 2.45) is 0 Å². The van der Waals surface area contributed by atoms with Crippen LogP contribution in [0.3, 0.4) is 0 Å². The number of nitrogens with zero attached hydrogens (tertiary/aromatic N) is 2. The summed E-state index contributed by atoms with van der Waals surface area (Å²) in [6.07, 6.45) is 4.36. The van der Waals surface area contributed by atoms with Crippen LogP contribution in [0.2, 0.25) is 0 Å². The van der Waals surface area contributed by atoms with E-state index in [1.165, 1.54) is 5.56 Å². The lowest BCUT2D eigenvalue weighted by molar-refractivity contribution is 0.148. The van der Waals surface area contributed by atoms with E-state index in [9.17, 15) is 8.42 Å². The average Bonchev–Trinajstić information content (AvgIpc) is 2.70. The monoisotopic (exact) mass is 398 g/mol. The molecule has 0 bridgehead atoms. The van der Waals surface area contributed by atoms with Gasteiger partial charge in [0.1, 0.15) is 0 Å². The average molecular weight is 399 g/mol. The van der Waals surface area contributed by atoms with E-state index in [0.717, 1.165) is 43.9 Å². The van der Waals surface area contributed by atoms with Crippen LogP contribution in [0.1, 0.15) is 16.7 Å². The molecular formula is C23H30N2O2S. The van der Waals surface area contributed by atoms with Gasteiger partial charge in [-0.25, -0.2) is 8.42 Å². The first kappa shape index (κ1) is 20.8. The maximum atomic E-state index is 12.7. The third-order valence-corrected chi connectivity index (χ3v) is 7.12. The number of benzene rings is 2. The Morgan fingerprint density at radius 2 is 1.61 bits per heavy atom. The first-order chi connectivity index (χ1) is 13.4. The number of piperazine rings is 1. The second-order valence-corrected chi connectivity index (χ2v) is 9.62. The summed E-state index contributed by atoms with van der Waals surface area (Å²) in [7, 11) is -3.24. The molecule has 1 heterocycles. The molecule has 0 N–H and O–H groups in total. The van der Waals surface area contributed by atoms with E-state index in [4.69, 9.17) is 0 Å². The van der Waals surface area contributed by atoms with Crippen molar-refractivity contribution >= 4 is 15.9 Å². The van der Waals surface area contributed by atoms with Gasteiger partial charge in [-0.2, -0.15) is 0 Å². The lowest BCUT2D eigenvalue weighted by Gasteiger charge is -2.34. The predicted molar refractivity (Wildman–Crippen MR) is 116 cm³/mol. The van der Waals surface area contributed by atoms with E-state index in [-0.39, 0.29) is 5.75 Å². The van der Waals surface area contributed by atoms with Crippen molar-refractivity contribution in [3.8, 4) is 0 Å². The lowest BCUT2D eigenvalue weighted by Crippen LogP contribution is -2.47. The molecule has 0 aromatic heterocycles. The standard InChI is InChI=1S/C23H30N2O2S/c1-20-10-11-21(2)23(19-20)28(26,27)18-17-25-15-13-24(14-16-25)12-6-9-22-7-4-3-5-8-22/h3-11,19H,12-18H2,1-2H3/b9-6+. The van der Waals surface area contributed by atoms with E-state index >= 15 is 0 Å². The Bertz CT molecular complexity index is 899. The Hall–Kier alpha value is -1.95. The van der Waals surface area contributed by atoms with Crippen molar-refractivity contribution in [3.05, 3.63) is 71.3 Å². The molecule has 1 saturated heterocycles. The Kier molecular flexibility index (Phi) is 7.05. The molecule has 2 aromatic carbocycles. The Morgan fingerprint density at radius 1 is 0.929 bits per heavy atom. The molecule has 0 unspecified atom stereocenters. The zero-order valence-electron chi connectivity index (χ0n) is 16.8. The first-order valence-electron chi connectivity index (χ1n) is 9.90. The zero-order valence-corrected chi connectivity index (χ0v) is 17.7. The van der Waals surface area contributed by atoms with Gasteiger partial charge in [-0.1, -0.05) is 54.6 Å². The summed E-state index contributed by atoms with van der Waals surface area (Å²) in [5, 5.41) is 0. The van der Waals surface area contributed by atoms with E-state index < -0.39 is 9.84 Å². The van der Waals surface area contributed by atoms with Gasteiger partial charge in [-0.3, -0.25) is 9.80 Å². The number of sulfone groups is 1. The molecule has 0 atom stereocenters. The van der Waals surface area contributed by atoms with Crippen molar-refractivity contribution in [1.29, 1.82) is 0 Å². The highest BCUT2D eigenvalue weighted by atomic mass is 32.2. The largest absolute Gasteiger partial charge is 0.300 e. The summed E-state index contributed by atoms with van der Waals surface area (Å²) in [5.41, 5.74) is 3.04. The SMILES string of the molecule is Cc1ccc(C)c(S(=O)(=O)CCN2CCN(C/C=C/c3ccccc3)CC2)c1. The van der Waals surface area contributed by atoms with Gasteiger partial charge in [-0.15, -0.1) is 0 Å². The van der Waals surface area contributed by atoms with E-state index in [1.54, 1.807) is 6.07 Å². The fraction of sp³-hybridized carbons (Fsp3) is 0.391. The highest BCUT2D eigenvalue weighted by Crippen LogP contribution is 2.18. The molecule has 150 valence electrons. The minimum Gasteiger partial charge on any atom is -0.300 e. The van der Waals surface area contributed by atoms with Gasteiger partial charge in [0, 0.05) is 39.3 Å². The van der Waals surface area contributed by atoms with Crippen molar-refractivity contribution < 1.29 is 8.42 Å². The highest BCUT2D eigenvalue weighted by molar-refractivity contribution is 7.91. The number of hydrogen-bond acceptors (Lipinski definition) is 4. The maximum Gasteiger partial charge on any atom is 0.179 e. The predicted octanol–water partition coefficient (Wildman–Crippen LogP) is 3.41. The summed E-state index contributed by atoms with van der Waals surface area (Å²) < 4.78 is 25.5. The number of aryl methyl sites for hydroxylation is 2. The van der Waals surface area contributed by atoms with Crippen LogP contribution in [0.5, 0.6) is 0 Å². The van der Waals surface area contributed by atoms with Crippen LogP contribution < -0.4 is 0 Å². The summed E-state index contributed by atoms with van der Waals surface area (Å²) in [6.45, 7) is 9.12. The van der Waals surface area contributed by atoms with Crippen LogP contribution in [0.25, 0.3) is 6.08 Å². The van der Waals surface area contributed by atoms with Gasteiger partial charge in [0.2, 0.25) is 0 Å². The van der Waals surface area contributed by atoms with Crippen LogP contribution in [0.15, 0.2) is 59.5 Å². The quantitative estimate of drug-likeness (QED) is 0.717. The fourth-order valence-electron chi connectivity index (χ4n) is 3.50. The van der Waals surface area contributed by atoms with Crippen LogP contribution in [-0.4, -0.2) is 63.2 Å². The van der Waals surface area contributed by atoms with Gasteiger partial charge in [0.25, 0.3) is 0 Å². The first-order valence-corrected chi connectivity index (χ1v) is 11.6. The van der Waals surface area contributed by atoms with Crippen molar-refractivity contribution in [2.75, 3.05) is 45.0 Å². The van der Waals surface area contributed by atoms with Gasteiger partial charge in [0.05, 0.1) is 10.6 Å². The van der Waals surface area contributed by atoms with Crippen LogP contribution in [0.4, 0.5) is 0 Å². The molecule has 0 saturated carbocycles. The van der Waals surface area contributed by atoms with Crippen molar-refractivity contribution in [1.82, 2.24) is 9.80 Å². The molecule has 4 nitrogen and oxygen atoms in total. The zero-order chi connectivity index (χ0) is 20.0. The van der Waals surface area contributed by atoms with Gasteiger partial charge in [-0.05, 0) is 36.6 Å². The third kappa shape index (κ3) is 5.77. The molecule has 2 aromatic rings. The minimum atomic E-state index is -3.24. The Balaban J connectivity index is 1.45. The summed E-state index contributed by atoms with van der Waals surface area (Å²) in [6, 6.07) is 16.0. The molecule has 1 aliphatic heterocycles. The molecule has 5 heteroatoms. The molecule has 3 rings (SSSR count). The molecule has 0 spiro atoms. The number of rotatable bonds is 7. The van der Waals surface area contributed by atoms with Crippen molar-refractivity contribution in [2.45, 2.75) is 18.7 Å². The molecule has 0 radical (unpaired) electrons. The van der Waals surface area contributed by atoms with Crippen LogP contribution in [-0.2, 0) is 9.84 Å². The molecule has 0 aliphatic carbocycles. The van der Waals surface area contributed by atoms with E-state index in [0.29, 0.717) is 11.4 Å². The van der Waals surface area contributed by atoms with Crippen molar-refractivity contribution in [3.63, 3.8) is 0 Å². The minimum absolute atomic E-state index is 0.186. The summed E-state index contributed by atoms with van der Waals surface area (Å²) >= 11 is 0. The topological polar surface area (TPSA) is 40.6 Å². The van der Waals surface area contributed by atoms with Gasteiger partial charge < -0.3 is 0 Å². The normalized spacial score (nSPS) is 16.6. The molecule has 0 amide bonds. The maximum absolute atomic E-state index is 12.7. The fourth-order valence-corrected chi connectivity index (χ4v) is 5.14. The summed E-state index contributed by atoms with van der Waals surface area (Å²) in [4.78, 5) is 5.16. The van der Waals surface area contributed by atoms with Gasteiger partial charge in [0.15, 0.2) is 9.84 Å². The Morgan fingerprint density at radius 3 is 2.32 bits per heavy atom. The van der Waals surface area contributed by atoms with E-state index in [1.807, 2.05) is 44.2 Å². The summed E-state index contributed by atoms with van der Waals surface area (Å²) in [5.74, 6) is 0.186. The van der Waals surface area contributed by atoms with Gasteiger partial charge >= 0.3 is 0 Å². The van der Waals surface area contributed by atoms with E-state index in [2.05, 4.69) is 34.1 Å².